The molecule has 0 fully saturated rings. The van der Waals surface area contributed by atoms with Crippen molar-refractivity contribution in [3.63, 3.8) is 0 Å². The van der Waals surface area contributed by atoms with Crippen LogP contribution in [0.5, 0.6) is 5.75 Å². The number of unbranched alkanes of at least 4 members (excludes halogenated alkanes) is 1. The highest BCUT2D eigenvalue weighted by Crippen LogP contribution is 2.33. The van der Waals surface area contributed by atoms with E-state index >= 15 is 0 Å². The normalized spacial score (nSPS) is 14.7. The molecule has 3 heterocycles. The van der Waals surface area contributed by atoms with Crippen LogP contribution >= 0.6 is 0 Å². The minimum absolute atomic E-state index is 0.0705. The third kappa shape index (κ3) is 5.32. The molecule has 2 aromatic carbocycles. The molecule has 0 saturated carbocycles. The zero-order chi connectivity index (χ0) is 26.5. The number of aromatic nitrogens is 4. The second kappa shape index (κ2) is 11.3. The highest BCUT2D eigenvalue weighted by atomic mass is 16.5. The first-order valence-electron chi connectivity index (χ1n) is 13.1. The SMILES string of the molecule is CCCCC1CN(C(=O)Cc2cncn2Cc2ccc(C#N)cc2)Cc2nc(-c3ccccc3OC)cn21. The number of amides is 1. The van der Waals surface area contributed by atoms with E-state index in [0.29, 0.717) is 25.2 Å². The van der Waals surface area contributed by atoms with Gasteiger partial charge < -0.3 is 18.8 Å². The van der Waals surface area contributed by atoms with E-state index in [2.05, 4.69) is 28.7 Å². The first kappa shape index (κ1) is 25.3. The largest absolute Gasteiger partial charge is 0.496 e. The fourth-order valence-electron chi connectivity index (χ4n) is 5.07. The number of para-hydroxylation sites is 1. The molecule has 8 nitrogen and oxygen atoms in total. The van der Waals surface area contributed by atoms with Crippen LogP contribution in [0.15, 0.2) is 67.3 Å². The van der Waals surface area contributed by atoms with Crippen LogP contribution in [0.3, 0.4) is 0 Å². The van der Waals surface area contributed by atoms with Crippen LogP contribution in [-0.2, 0) is 24.3 Å². The van der Waals surface area contributed by atoms with Crippen molar-refractivity contribution in [2.45, 2.75) is 51.7 Å². The van der Waals surface area contributed by atoms with E-state index in [4.69, 9.17) is 15.0 Å². The van der Waals surface area contributed by atoms with Crippen molar-refractivity contribution in [1.29, 1.82) is 5.26 Å². The predicted octanol–water partition coefficient (Wildman–Crippen LogP) is 4.99. The monoisotopic (exact) mass is 508 g/mol. The lowest BCUT2D eigenvalue weighted by atomic mass is 10.1. The van der Waals surface area contributed by atoms with Gasteiger partial charge in [-0.1, -0.05) is 44.0 Å². The average Bonchev–Trinajstić information content (AvgIpc) is 3.58. The Labute approximate surface area is 223 Å². The second-order valence-electron chi connectivity index (χ2n) is 9.72. The highest BCUT2D eigenvalue weighted by Gasteiger charge is 2.30. The number of ether oxygens (including phenoxy) is 1. The van der Waals surface area contributed by atoms with Gasteiger partial charge in [0.25, 0.3) is 0 Å². The van der Waals surface area contributed by atoms with Gasteiger partial charge in [0.05, 0.1) is 49.8 Å². The maximum Gasteiger partial charge on any atom is 0.229 e. The number of hydrogen-bond acceptors (Lipinski definition) is 5. The average molecular weight is 509 g/mol. The summed E-state index contributed by atoms with van der Waals surface area (Å²) in [5, 5.41) is 9.04. The Bertz CT molecular complexity index is 1450. The standard InChI is InChI=1S/C30H32N6O2/c1-3-4-7-24-18-34(20-29-33-27(19-36(24)29)26-8-5-6-9-28(26)38-2)30(37)14-25-16-32-21-35(25)17-23-12-10-22(15-31)11-13-23/h5-6,8-13,16,19,21,24H,3-4,7,14,17-18,20H2,1-2H3. The van der Waals surface area contributed by atoms with Gasteiger partial charge in [0.2, 0.25) is 5.91 Å². The van der Waals surface area contributed by atoms with Gasteiger partial charge in [-0.05, 0) is 36.2 Å². The lowest BCUT2D eigenvalue weighted by molar-refractivity contribution is -0.132. The topological polar surface area (TPSA) is 89.0 Å². The minimum Gasteiger partial charge on any atom is -0.496 e. The Morgan fingerprint density at radius 1 is 1.18 bits per heavy atom. The van der Waals surface area contributed by atoms with Crippen LogP contribution in [0, 0.1) is 11.3 Å². The van der Waals surface area contributed by atoms with E-state index in [1.807, 2.05) is 58.0 Å². The number of imidazole rings is 2. The van der Waals surface area contributed by atoms with Gasteiger partial charge in [-0.3, -0.25) is 4.79 Å². The minimum atomic E-state index is 0.0705. The number of methoxy groups -OCH3 is 1. The van der Waals surface area contributed by atoms with Crippen LogP contribution in [-0.4, -0.2) is 43.6 Å². The van der Waals surface area contributed by atoms with Gasteiger partial charge in [-0.15, -0.1) is 0 Å². The molecular weight excluding hydrogens is 476 g/mol. The molecule has 2 aromatic heterocycles. The van der Waals surface area contributed by atoms with Crippen molar-refractivity contribution < 1.29 is 9.53 Å². The zero-order valence-corrected chi connectivity index (χ0v) is 21.9. The summed E-state index contributed by atoms with van der Waals surface area (Å²) in [5.41, 5.74) is 4.38. The summed E-state index contributed by atoms with van der Waals surface area (Å²) in [4.78, 5) is 24.8. The molecule has 0 bridgehead atoms. The summed E-state index contributed by atoms with van der Waals surface area (Å²) < 4.78 is 9.83. The molecule has 0 aliphatic carbocycles. The van der Waals surface area contributed by atoms with Crippen LogP contribution in [0.4, 0.5) is 0 Å². The van der Waals surface area contributed by atoms with Crippen molar-refractivity contribution in [3.8, 4) is 23.1 Å². The summed E-state index contributed by atoms with van der Waals surface area (Å²) in [6.07, 6.45) is 9.09. The van der Waals surface area contributed by atoms with Crippen molar-refractivity contribution in [2.75, 3.05) is 13.7 Å². The quantitative estimate of drug-likeness (QED) is 0.318. The summed E-state index contributed by atoms with van der Waals surface area (Å²) in [6.45, 7) is 3.92. The van der Waals surface area contributed by atoms with Gasteiger partial charge in [0.15, 0.2) is 0 Å². The molecule has 1 aliphatic heterocycles. The molecule has 0 N–H and O–H groups in total. The molecule has 1 aliphatic rings. The summed E-state index contributed by atoms with van der Waals surface area (Å²) in [7, 11) is 1.67. The Hall–Kier alpha value is -4.38. The van der Waals surface area contributed by atoms with Gasteiger partial charge in [0, 0.05) is 36.7 Å². The number of rotatable bonds is 9. The molecule has 0 spiro atoms. The molecule has 1 amide bonds. The van der Waals surface area contributed by atoms with E-state index in [1.54, 1.807) is 19.6 Å². The van der Waals surface area contributed by atoms with Gasteiger partial charge >= 0.3 is 0 Å². The van der Waals surface area contributed by atoms with Crippen LogP contribution in [0.1, 0.15) is 54.9 Å². The summed E-state index contributed by atoms with van der Waals surface area (Å²) in [5.74, 6) is 1.76. The first-order valence-corrected chi connectivity index (χ1v) is 13.1. The van der Waals surface area contributed by atoms with E-state index in [9.17, 15) is 4.79 Å². The molecule has 38 heavy (non-hydrogen) atoms. The summed E-state index contributed by atoms with van der Waals surface area (Å²) in [6, 6.07) is 17.7. The number of hydrogen-bond donors (Lipinski definition) is 0. The maximum absolute atomic E-state index is 13.6. The third-order valence-corrected chi connectivity index (χ3v) is 7.16. The number of carbonyl (C=O) groups excluding carboxylic acids is 1. The maximum atomic E-state index is 13.6. The third-order valence-electron chi connectivity index (χ3n) is 7.16. The van der Waals surface area contributed by atoms with E-state index in [-0.39, 0.29) is 18.4 Å². The lowest BCUT2D eigenvalue weighted by Gasteiger charge is -2.34. The molecule has 1 atom stereocenters. The number of fused-ring (bicyclic) bond motifs is 1. The first-order chi connectivity index (χ1) is 18.6. The van der Waals surface area contributed by atoms with E-state index < -0.39 is 0 Å². The molecule has 4 aromatic rings. The van der Waals surface area contributed by atoms with Crippen molar-refractivity contribution in [1.82, 2.24) is 24.0 Å². The van der Waals surface area contributed by atoms with Gasteiger partial charge in [0.1, 0.15) is 11.6 Å². The number of nitriles is 1. The molecule has 0 saturated heterocycles. The fourth-order valence-corrected chi connectivity index (χ4v) is 5.07. The Morgan fingerprint density at radius 2 is 2.00 bits per heavy atom. The van der Waals surface area contributed by atoms with Gasteiger partial charge in [-0.2, -0.15) is 5.26 Å². The number of benzene rings is 2. The highest BCUT2D eigenvalue weighted by molar-refractivity contribution is 5.78. The molecular formula is C30H32N6O2. The second-order valence-corrected chi connectivity index (χ2v) is 9.72. The Kier molecular flexibility index (Phi) is 7.55. The Balaban J connectivity index is 1.35. The molecule has 1 unspecified atom stereocenters. The number of nitrogens with zero attached hydrogens (tertiary/aromatic N) is 6. The molecule has 8 heteroatoms. The lowest BCUT2D eigenvalue weighted by Crippen LogP contribution is -2.42. The smallest absolute Gasteiger partial charge is 0.229 e. The van der Waals surface area contributed by atoms with E-state index in [1.165, 1.54) is 0 Å². The molecule has 0 radical (unpaired) electrons. The summed E-state index contributed by atoms with van der Waals surface area (Å²) >= 11 is 0. The number of carbonyl (C=O) groups is 1. The van der Waals surface area contributed by atoms with Crippen molar-refractivity contribution >= 4 is 5.91 Å². The molecule has 5 rings (SSSR count). The van der Waals surface area contributed by atoms with Crippen LogP contribution < -0.4 is 4.74 Å². The van der Waals surface area contributed by atoms with Crippen LogP contribution in [0.25, 0.3) is 11.3 Å². The van der Waals surface area contributed by atoms with Crippen LogP contribution in [0.2, 0.25) is 0 Å². The van der Waals surface area contributed by atoms with Crippen molar-refractivity contribution in [2.24, 2.45) is 0 Å². The zero-order valence-electron chi connectivity index (χ0n) is 21.9. The predicted molar refractivity (Wildman–Crippen MR) is 144 cm³/mol. The van der Waals surface area contributed by atoms with E-state index in [0.717, 1.165) is 53.4 Å². The fraction of sp³-hybridized carbons (Fsp3) is 0.333. The van der Waals surface area contributed by atoms with Crippen molar-refractivity contribution in [3.05, 3.63) is 89.9 Å². The Morgan fingerprint density at radius 3 is 2.76 bits per heavy atom. The van der Waals surface area contributed by atoms with Gasteiger partial charge in [-0.25, -0.2) is 9.97 Å². The molecule has 194 valence electrons.